The number of rotatable bonds is 5. The predicted molar refractivity (Wildman–Crippen MR) is 162 cm³/mol. The van der Waals surface area contributed by atoms with Crippen LogP contribution in [0.4, 0.5) is 17.3 Å². The number of nitrogens with zero attached hydrogens (tertiary/aromatic N) is 5. The van der Waals surface area contributed by atoms with E-state index in [1.807, 2.05) is 45.0 Å². The summed E-state index contributed by atoms with van der Waals surface area (Å²) in [5, 5.41) is 27.3. The number of guanidine groups is 1. The number of hydrogen-bond donors (Lipinski definition) is 5. The first-order valence-electron chi connectivity index (χ1n) is 13.8. The first kappa shape index (κ1) is 26.5. The van der Waals surface area contributed by atoms with E-state index in [9.17, 15) is 0 Å². The zero-order valence-electron chi connectivity index (χ0n) is 23.4. The Bertz CT molecular complexity index is 1670. The highest BCUT2D eigenvalue weighted by molar-refractivity contribution is 6.01. The Morgan fingerprint density at radius 1 is 1.02 bits per heavy atom. The molecule has 1 saturated heterocycles. The fourth-order valence-electron chi connectivity index (χ4n) is 5.10. The Kier molecular flexibility index (Phi) is 6.88. The van der Waals surface area contributed by atoms with Crippen LogP contribution in [0.1, 0.15) is 50.9 Å². The maximum Gasteiger partial charge on any atom is 0.198 e. The fourth-order valence-corrected chi connectivity index (χ4v) is 5.10. The molecular formula is C30H34N10O. The van der Waals surface area contributed by atoms with Crippen LogP contribution in [0, 0.1) is 5.41 Å². The SMILES string of the molecule is CC(C)(C)c1cc(NC(=N)Nc2ccc(-n3nc(-c4ccc(C5CCNCC5)cc4)c4c(N)ncnc43)cc2)no1. The first-order chi connectivity index (χ1) is 19.8. The molecule has 41 heavy (non-hydrogen) atoms. The molecule has 4 heterocycles. The van der Waals surface area contributed by atoms with Gasteiger partial charge in [0.2, 0.25) is 0 Å². The van der Waals surface area contributed by atoms with Crippen molar-refractivity contribution >= 4 is 34.3 Å². The van der Waals surface area contributed by atoms with Gasteiger partial charge in [-0.1, -0.05) is 50.2 Å². The number of piperidine rings is 1. The second kappa shape index (κ2) is 10.7. The largest absolute Gasteiger partial charge is 0.383 e. The van der Waals surface area contributed by atoms with Crippen LogP contribution >= 0.6 is 0 Å². The van der Waals surface area contributed by atoms with Crippen LogP contribution in [0.5, 0.6) is 0 Å². The Morgan fingerprint density at radius 3 is 2.44 bits per heavy atom. The molecule has 1 aliphatic heterocycles. The monoisotopic (exact) mass is 550 g/mol. The maximum absolute atomic E-state index is 8.30. The molecule has 0 atom stereocenters. The average molecular weight is 551 g/mol. The molecule has 6 rings (SSSR count). The molecule has 5 aromatic rings. The lowest BCUT2D eigenvalue weighted by Gasteiger charge is -2.23. The van der Waals surface area contributed by atoms with Gasteiger partial charge in [0.25, 0.3) is 0 Å². The van der Waals surface area contributed by atoms with Crippen molar-refractivity contribution in [3.8, 4) is 16.9 Å². The predicted octanol–water partition coefficient (Wildman–Crippen LogP) is 5.28. The molecule has 0 bridgehead atoms. The molecule has 2 aromatic carbocycles. The number of benzene rings is 2. The Labute approximate surface area is 238 Å². The van der Waals surface area contributed by atoms with Crippen molar-refractivity contribution in [3.63, 3.8) is 0 Å². The van der Waals surface area contributed by atoms with E-state index >= 15 is 0 Å². The van der Waals surface area contributed by atoms with Gasteiger partial charge in [0.1, 0.15) is 23.6 Å². The van der Waals surface area contributed by atoms with Crippen LogP contribution < -0.4 is 21.7 Å². The molecule has 0 aliphatic carbocycles. The fraction of sp³-hybridized carbons (Fsp3) is 0.300. The minimum absolute atomic E-state index is 0.0757. The topological polar surface area (TPSA) is 156 Å². The molecular weight excluding hydrogens is 516 g/mol. The normalized spacial score (nSPS) is 14.3. The van der Waals surface area contributed by atoms with Crippen molar-refractivity contribution in [2.24, 2.45) is 0 Å². The maximum atomic E-state index is 8.30. The number of hydrogen-bond acceptors (Lipinski definition) is 8. The van der Waals surface area contributed by atoms with E-state index in [2.05, 4.69) is 55.3 Å². The van der Waals surface area contributed by atoms with E-state index in [0.29, 0.717) is 23.2 Å². The van der Waals surface area contributed by atoms with Crippen LogP contribution in [0.15, 0.2) is 65.4 Å². The molecule has 0 saturated carbocycles. The van der Waals surface area contributed by atoms with Gasteiger partial charge in [-0.3, -0.25) is 5.41 Å². The molecule has 1 aliphatic rings. The summed E-state index contributed by atoms with van der Waals surface area (Å²) in [5.74, 6) is 2.25. The number of nitrogen functional groups attached to an aromatic ring is 1. The Morgan fingerprint density at radius 2 is 1.76 bits per heavy atom. The van der Waals surface area contributed by atoms with Gasteiger partial charge in [0.05, 0.1) is 11.1 Å². The van der Waals surface area contributed by atoms with E-state index in [0.717, 1.165) is 59.7 Å². The van der Waals surface area contributed by atoms with E-state index in [1.54, 1.807) is 10.7 Å². The summed E-state index contributed by atoms with van der Waals surface area (Å²) in [6.07, 6.45) is 3.75. The first-order valence-corrected chi connectivity index (χ1v) is 13.8. The van der Waals surface area contributed by atoms with E-state index in [-0.39, 0.29) is 11.4 Å². The van der Waals surface area contributed by atoms with Gasteiger partial charge in [-0.15, -0.1) is 0 Å². The Balaban J connectivity index is 1.23. The lowest BCUT2D eigenvalue weighted by Crippen LogP contribution is -2.26. The number of aromatic nitrogens is 5. The Hall–Kier alpha value is -4.77. The van der Waals surface area contributed by atoms with E-state index in [1.165, 1.54) is 11.9 Å². The lowest BCUT2D eigenvalue weighted by atomic mass is 9.89. The molecule has 1 fully saturated rings. The summed E-state index contributed by atoms with van der Waals surface area (Å²) in [4.78, 5) is 8.76. The third-order valence-electron chi connectivity index (χ3n) is 7.37. The summed E-state index contributed by atoms with van der Waals surface area (Å²) in [5.41, 5.74) is 11.4. The third kappa shape index (κ3) is 5.48. The van der Waals surface area contributed by atoms with Crippen LogP contribution in [0.2, 0.25) is 0 Å². The molecule has 3 aromatic heterocycles. The number of anilines is 3. The second-order valence-electron chi connectivity index (χ2n) is 11.4. The smallest absolute Gasteiger partial charge is 0.198 e. The number of nitrogens with two attached hydrogens (primary N) is 1. The number of fused-ring (bicyclic) bond motifs is 1. The summed E-state index contributed by atoms with van der Waals surface area (Å²) in [6, 6.07) is 18.0. The van der Waals surface area contributed by atoms with Gasteiger partial charge in [0.15, 0.2) is 17.4 Å². The summed E-state index contributed by atoms with van der Waals surface area (Å²) in [6.45, 7) is 8.24. The quantitative estimate of drug-likeness (QED) is 0.145. The zero-order chi connectivity index (χ0) is 28.6. The van der Waals surface area contributed by atoms with Crippen molar-refractivity contribution in [2.45, 2.75) is 44.9 Å². The van der Waals surface area contributed by atoms with Gasteiger partial charge >= 0.3 is 0 Å². The van der Waals surface area contributed by atoms with Crippen LogP contribution in [0.25, 0.3) is 28.0 Å². The molecule has 0 unspecified atom stereocenters. The van der Waals surface area contributed by atoms with Gasteiger partial charge in [0, 0.05) is 22.7 Å². The zero-order valence-corrected chi connectivity index (χ0v) is 23.4. The van der Waals surface area contributed by atoms with Crippen LogP contribution in [-0.2, 0) is 5.41 Å². The highest BCUT2D eigenvalue weighted by Gasteiger charge is 2.21. The number of nitrogens with one attached hydrogen (secondary N) is 4. The van der Waals surface area contributed by atoms with Crippen molar-refractivity contribution in [1.82, 2.24) is 30.2 Å². The summed E-state index contributed by atoms with van der Waals surface area (Å²) in [7, 11) is 0. The summed E-state index contributed by atoms with van der Waals surface area (Å²) < 4.78 is 7.17. The van der Waals surface area contributed by atoms with Crippen LogP contribution in [-0.4, -0.2) is 44.0 Å². The van der Waals surface area contributed by atoms with Crippen molar-refractivity contribution in [2.75, 3.05) is 29.5 Å². The van der Waals surface area contributed by atoms with Crippen molar-refractivity contribution in [3.05, 3.63) is 72.2 Å². The molecule has 0 amide bonds. The van der Waals surface area contributed by atoms with E-state index < -0.39 is 0 Å². The second-order valence-corrected chi connectivity index (χ2v) is 11.4. The minimum Gasteiger partial charge on any atom is -0.383 e. The van der Waals surface area contributed by atoms with Gasteiger partial charge in [-0.05, 0) is 61.7 Å². The molecule has 0 radical (unpaired) electrons. The van der Waals surface area contributed by atoms with Gasteiger partial charge < -0.3 is 26.2 Å². The standard InChI is InChI=1S/C30H34N10O/c1-30(2,3)23-16-24(39-41-23)37-29(32)36-21-8-10-22(11-9-21)40-28-25(27(31)34-17-35-28)26(38-40)20-6-4-18(5-7-20)19-12-14-33-15-13-19/h4-11,16-17,19,33H,12-15H2,1-3H3,(H2,31,34,35)(H3,32,36,37,39). The van der Waals surface area contributed by atoms with Crippen molar-refractivity contribution in [1.29, 1.82) is 5.41 Å². The van der Waals surface area contributed by atoms with E-state index in [4.69, 9.17) is 20.8 Å². The van der Waals surface area contributed by atoms with Crippen LogP contribution in [0.3, 0.4) is 0 Å². The van der Waals surface area contributed by atoms with Gasteiger partial charge in [-0.25, -0.2) is 14.6 Å². The highest BCUT2D eigenvalue weighted by Crippen LogP contribution is 2.34. The highest BCUT2D eigenvalue weighted by atomic mass is 16.5. The molecule has 0 spiro atoms. The third-order valence-corrected chi connectivity index (χ3v) is 7.37. The van der Waals surface area contributed by atoms with Gasteiger partial charge in [-0.2, -0.15) is 5.10 Å². The van der Waals surface area contributed by atoms with Crippen molar-refractivity contribution < 1.29 is 4.52 Å². The molecule has 210 valence electrons. The molecule has 6 N–H and O–H groups in total. The molecule has 11 heteroatoms. The average Bonchev–Trinajstić information content (AvgIpc) is 3.60. The molecule has 11 nitrogen and oxygen atoms in total. The lowest BCUT2D eigenvalue weighted by molar-refractivity contribution is 0.331. The minimum atomic E-state index is -0.166. The summed E-state index contributed by atoms with van der Waals surface area (Å²) >= 11 is 0.